The molecule has 1 rings (SSSR count). The molecule has 0 heterocycles. The van der Waals surface area contributed by atoms with E-state index in [-0.39, 0.29) is 16.8 Å². The van der Waals surface area contributed by atoms with Crippen LogP contribution in [0.15, 0.2) is 18.2 Å². The zero-order chi connectivity index (χ0) is 16.1. The molecule has 0 bridgehead atoms. The van der Waals surface area contributed by atoms with E-state index in [1.165, 1.54) is 12.1 Å². The van der Waals surface area contributed by atoms with Crippen molar-refractivity contribution in [2.75, 3.05) is 6.54 Å². The molecule has 0 aliphatic heterocycles. The zero-order valence-corrected chi connectivity index (χ0v) is 14.8. The first kappa shape index (κ1) is 18.4. The van der Waals surface area contributed by atoms with Crippen molar-refractivity contribution in [1.29, 1.82) is 0 Å². The summed E-state index contributed by atoms with van der Waals surface area (Å²) in [5.41, 5.74) is 1.10. The van der Waals surface area contributed by atoms with Crippen LogP contribution in [0.2, 0.25) is 5.02 Å². The standard InChI is InChI=1S/C18H29ClFN/c1-6-10-18(11-7-2,13-21-17(3,4)5)15-9-8-14(20)12-16(15)19/h8-9,12,21H,6-7,10-11,13H2,1-5H3. The number of rotatable bonds is 7. The van der Waals surface area contributed by atoms with Crippen LogP contribution in [0.1, 0.15) is 65.9 Å². The topological polar surface area (TPSA) is 12.0 Å². The Morgan fingerprint density at radius 2 is 1.67 bits per heavy atom. The van der Waals surface area contributed by atoms with Crippen LogP contribution < -0.4 is 5.32 Å². The fourth-order valence-corrected chi connectivity index (χ4v) is 3.35. The Kier molecular flexibility index (Phi) is 6.68. The van der Waals surface area contributed by atoms with Gasteiger partial charge in [0.05, 0.1) is 0 Å². The average molecular weight is 314 g/mol. The second-order valence-electron chi connectivity index (χ2n) is 7.01. The van der Waals surface area contributed by atoms with Crippen LogP contribution in [-0.2, 0) is 5.41 Å². The quantitative estimate of drug-likeness (QED) is 0.680. The molecule has 1 nitrogen and oxygen atoms in total. The third-order valence-electron chi connectivity index (χ3n) is 3.92. The Hall–Kier alpha value is -0.600. The first-order chi connectivity index (χ1) is 9.74. The summed E-state index contributed by atoms with van der Waals surface area (Å²) in [4.78, 5) is 0. The molecule has 0 saturated heterocycles. The van der Waals surface area contributed by atoms with E-state index in [0.29, 0.717) is 5.02 Å². The van der Waals surface area contributed by atoms with Gasteiger partial charge in [0, 0.05) is 22.5 Å². The maximum Gasteiger partial charge on any atom is 0.124 e. The van der Waals surface area contributed by atoms with E-state index in [2.05, 4.69) is 39.9 Å². The smallest absolute Gasteiger partial charge is 0.124 e. The monoisotopic (exact) mass is 313 g/mol. The lowest BCUT2D eigenvalue weighted by atomic mass is 9.73. The van der Waals surface area contributed by atoms with Crippen LogP contribution in [0.5, 0.6) is 0 Å². The highest BCUT2D eigenvalue weighted by atomic mass is 35.5. The largest absolute Gasteiger partial charge is 0.311 e. The highest BCUT2D eigenvalue weighted by Crippen LogP contribution is 2.38. The number of nitrogens with one attached hydrogen (secondary N) is 1. The normalized spacial score (nSPS) is 12.7. The predicted molar refractivity (Wildman–Crippen MR) is 90.7 cm³/mol. The lowest BCUT2D eigenvalue weighted by Crippen LogP contribution is -2.46. The molecule has 0 unspecified atom stereocenters. The minimum Gasteiger partial charge on any atom is -0.311 e. The van der Waals surface area contributed by atoms with E-state index in [4.69, 9.17) is 11.6 Å². The maximum atomic E-state index is 13.4. The average Bonchev–Trinajstić information content (AvgIpc) is 2.35. The van der Waals surface area contributed by atoms with Crippen molar-refractivity contribution in [3.63, 3.8) is 0 Å². The molecular formula is C18H29ClFN. The van der Waals surface area contributed by atoms with Gasteiger partial charge in [0.1, 0.15) is 5.82 Å². The highest BCUT2D eigenvalue weighted by Gasteiger charge is 2.33. The van der Waals surface area contributed by atoms with E-state index >= 15 is 0 Å². The van der Waals surface area contributed by atoms with Crippen molar-refractivity contribution >= 4 is 11.6 Å². The van der Waals surface area contributed by atoms with Gasteiger partial charge in [-0.3, -0.25) is 0 Å². The molecular weight excluding hydrogens is 285 g/mol. The van der Waals surface area contributed by atoms with Crippen LogP contribution in [0.4, 0.5) is 4.39 Å². The minimum atomic E-state index is -0.269. The lowest BCUT2D eigenvalue weighted by Gasteiger charge is -2.38. The highest BCUT2D eigenvalue weighted by molar-refractivity contribution is 6.31. The van der Waals surface area contributed by atoms with Crippen LogP contribution in [0.3, 0.4) is 0 Å². The van der Waals surface area contributed by atoms with E-state index < -0.39 is 0 Å². The molecule has 1 aromatic carbocycles. The van der Waals surface area contributed by atoms with E-state index in [1.54, 1.807) is 0 Å². The Labute approximate surface area is 134 Å². The van der Waals surface area contributed by atoms with E-state index in [0.717, 1.165) is 37.8 Å². The lowest BCUT2D eigenvalue weighted by molar-refractivity contribution is 0.292. The molecule has 1 aromatic rings. The summed E-state index contributed by atoms with van der Waals surface area (Å²) in [6.07, 6.45) is 4.27. The van der Waals surface area contributed by atoms with Gasteiger partial charge in [-0.05, 0) is 51.3 Å². The van der Waals surface area contributed by atoms with Crippen LogP contribution in [0, 0.1) is 5.82 Å². The summed E-state index contributed by atoms with van der Waals surface area (Å²) >= 11 is 6.37. The maximum absolute atomic E-state index is 13.4. The first-order valence-corrected chi connectivity index (χ1v) is 8.32. The van der Waals surface area contributed by atoms with Crippen molar-refractivity contribution in [3.05, 3.63) is 34.6 Å². The molecule has 0 saturated carbocycles. The summed E-state index contributed by atoms with van der Waals surface area (Å²) in [5, 5.41) is 4.17. The fourth-order valence-electron chi connectivity index (χ4n) is 2.98. The van der Waals surface area contributed by atoms with Gasteiger partial charge in [-0.25, -0.2) is 4.39 Å². The van der Waals surface area contributed by atoms with Crippen molar-refractivity contribution in [2.45, 2.75) is 71.3 Å². The summed E-state index contributed by atoms with van der Waals surface area (Å²) in [5.74, 6) is -0.269. The first-order valence-electron chi connectivity index (χ1n) is 7.94. The summed E-state index contributed by atoms with van der Waals surface area (Å²) in [6, 6.07) is 4.83. The minimum absolute atomic E-state index is 0.0262. The number of hydrogen-bond donors (Lipinski definition) is 1. The van der Waals surface area contributed by atoms with Crippen molar-refractivity contribution in [2.24, 2.45) is 0 Å². The Bertz CT molecular complexity index is 445. The second-order valence-corrected chi connectivity index (χ2v) is 7.42. The van der Waals surface area contributed by atoms with Crippen LogP contribution in [-0.4, -0.2) is 12.1 Å². The van der Waals surface area contributed by atoms with Crippen LogP contribution >= 0.6 is 11.6 Å². The molecule has 21 heavy (non-hydrogen) atoms. The van der Waals surface area contributed by atoms with Gasteiger partial charge in [0.2, 0.25) is 0 Å². The molecule has 0 aromatic heterocycles. The molecule has 0 fully saturated rings. The predicted octanol–water partition coefficient (Wildman–Crippen LogP) is 5.71. The van der Waals surface area contributed by atoms with Gasteiger partial charge in [-0.1, -0.05) is 44.4 Å². The molecule has 0 amide bonds. The SMILES string of the molecule is CCCC(CCC)(CNC(C)(C)C)c1ccc(F)cc1Cl. The molecule has 0 radical (unpaired) electrons. The molecule has 120 valence electrons. The zero-order valence-electron chi connectivity index (χ0n) is 14.0. The molecule has 1 N–H and O–H groups in total. The second kappa shape index (κ2) is 7.60. The Morgan fingerprint density at radius 3 is 2.10 bits per heavy atom. The summed E-state index contributed by atoms with van der Waals surface area (Å²) < 4.78 is 13.4. The fraction of sp³-hybridized carbons (Fsp3) is 0.667. The molecule has 0 spiro atoms. The van der Waals surface area contributed by atoms with Gasteiger partial charge in [0.25, 0.3) is 0 Å². The molecule has 3 heteroatoms. The third-order valence-corrected chi connectivity index (χ3v) is 4.23. The van der Waals surface area contributed by atoms with Gasteiger partial charge < -0.3 is 5.32 Å². The van der Waals surface area contributed by atoms with Gasteiger partial charge in [-0.15, -0.1) is 0 Å². The number of hydrogen-bond acceptors (Lipinski definition) is 1. The van der Waals surface area contributed by atoms with Crippen molar-refractivity contribution in [1.82, 2.24) is 5.32 Å². The number of halogens is 2. The van der Waals surface area contributed by atoms with Gasteiger partial charge >= 0.3 is 0 Å². The van der Waals surface area contributed by atoms with Gasteiger partial charge in [-0.2, -0.15) is 0 Å². The third kappa shape index (κ3) is 5.27. The Balaban J connectivity index is 3.20. The molecule has 0 atom stereocenters. The molecule has 0 aliphatic rings. The van der Waals surface area contributed by atoms with Gasteiger partial charge in [0.15, 0.2) is 0 Å². The van der Waals surface area contributed by atoms with E-state index in [9.17, 15) is 4.39 Å². The van der Waals surface area contributed by atoms with Crippen molar-refractivity contribution < 1.29 is 4.39 Å². The Morgan fingerprint density at radius 1 is 1.10 bits per heavy atom. The van der Waals surface area contributed by atoms with E-state index in [1.807, 2.05) is 6.07 Å². The summed E-state index contributed by atoms with van der Waals surface area (Å²) in [7, 11) is 0. The molecule has 0 aliphatic carbocycles. The van der Waals surface area contributed by atoms with Crippen LogP contribution in [0.25, 0.3) is 0 Å². The number of benzene rings is 1. The van der Waals surface area contributed by atoms with Crippen molar-refractivity contribution in [3.8, 4) is 0 Å². The summed E-state index contributed by atoms with van der Waals surface area (Å²) in [6.45, 7) is 11.8.